The van der Waals surface area contributed by atoms with E-state index in [0.29, 0.717) is 16.1 Å². The van der Waals surface area contributed by atoms with Gasteiger partial charge in [0.1, 0.15) is 11.0 Å². The van der Waals surface area contributed by atoms with Crippen LogP contribution < -0.4 is 10.2 Å². The van der Waals surface area contributed by atoms with E-state index < -0.39 is 0 Å². The van der Waals surface area contributed by atoms with Gasteiger partial charge in [0, 0.05) is 38.3 Å². The SMILES string of the molecule is CCC(C)NC(=O)CSc1nc(Cl)cc(N2CCN(CC)CC2)n1. The second-order valence-electron chi connectivity index (χ2n) is 5.92. The molecule has 2 rings (SSSR count). The lowest BCUT2D eigenvalue weighted by Crippen LogP contribution is -2.46. The molecule has 134 valence electrons. The normalized spacial score (nSPS) is 16.9. The van der Waals surface area contributed by atoms with Gasteiger partial charge in [0.2, 0.25) is 5.91 Å². The topological polar surface area (TPSA) is 61.4 Å². The highest BCUT2D eigenvalue weighted by Crippen LogP contribution is 2.22. The number of nitrogens with zero attached hydrogens (tertiary/aromatic N) is 4. The van der Waals surface area contributed by atoms with Crippen LogP contribution in [0, 0.1) is 0 Å². The van der Waals surface area contributed by atoms with Crippen molar-refractivity contribution in [2.75, 3.05) is 43.4 Å². The van der Waals surface area contributed by atoms with E-state index in [2.05, 4.69) is 32.0 Å². The quantitative estimate of drug-likeness (QED) is 0.450. The van der Waals surface area contributed by atoms with Gasteiger partial charge in [0.05, 0.1) is 5.75 Å². The number of thioether (sulfide) groups is 1. The van der Waals surface area contributed by atoms with Crippen molar-refractivity contribution in [3.05, 3.63) is 11.2 Å². The Balaban J connectivity index is 1.95. The predicted molar refractivity (Wildman–Crippen MR) is 100.0 cm³/mol. The summed E-state index contributed by atoms with van der Waals surface area (Å²) in [5, 5.41) is 3.91. The Morgan fingerprint density at radius 3 is 2.67 bits per heavy atom. The van der Waals surface area contributed by atoms with Crippen molar-refractivity contribution >= 4 is 35.1 Å². The van der Waals surface area contributed by atoms with E-state index in [4.69, 9.17) is 11.6 Å². The summed E-state index contributed by atoms with van der Waals surface area (Å²) in [4.78, 5) is 25.3. The van der Waals surface area contributed by atoms with Gasteiger partial charge in [-0.3, -0.25) is 4.79 Å². The van der Waals surface area contributed by atoms with Crippen molar-refractivity contribution in [1.29, 1.82) is 0 Å². The molecule has 0 radical (unpaired) electrons. The molecular formula is C16H26ClN5OS. The summed E-state index contributed by atoms with van der Waals surface area (Å²) in [6, 6.07) is 1.98. The first-order chi connectivity index (χ1) is 11.5. The molecule has 1 N–H and O–H groups in total. The van der Waals surface area contributed by atoms with E-state index in [1.807, 2.05) is 13.8 Å². The lowest BCUT2D eigenvalue weighted by Gasteiger charge is -2.34. The Morgan fingerprint density at radius 2 is 2.04 bits per heavy atom. The van der Waals surface area contributed by atoms with Crippen LogP contribution in [0.2, 0.25) is 5.15 Å². The number of amides is 1. The van der Waals surface area contributed by atoms with Gasteiger partial charge in [-0.15, -0.1) is 0 Å². The first kappa shape index (κ1) is 19.3. The minimum Gasteiger partial charge on any atom is -0.354 e. The molecule has 24 heavy (non-hydrogen) atoms. The van der Waals surface area contributed by atoms with Gasteiger partial charge in [0.25, 0.3) is 0 Å². The van der Waals surface area contributed by atoms with Gasteiger partial charge in [0.15, 0.2) is 5.16 Å². The standard InChI is InChI=1S/C16H26ClN5OS/c1-4-12(3)18-15(23)11-24-16-19-13(17)10-14(20-16)22-8-6-21(5-2)7-9-22/h10,12H,4-9,11H2,1-3H3,(H,18,23). The summed E-state index contributed by atoms with van der Waals surface area (Å²) < 4.78 is 0. The molecule has 1 aliphatic rings. The fourth-order valence-corrected chi connectivity index (χ4v) is 3.35. The molecule has 0 saturated carbocycles. The Labute approximate surface area is 153 Å². The Bertz CT molecular complexity index is 551. The number of halogens is 1. The van der Waals surface area contributed by atoms with E-state index in [1.165, 1.54) is 11.8 Å². The fourth-order valence-electron chi connectivity index (χ4n) is 2.45. The molecule has 1 saturated heterocycles. The molecule has 6 nitrogen and oxygen atoms in total. The van der Waals surface area contributed by atoms with Gasteiger partial charge in [-0.1, -0.05) is 37.2 Å². The number of carbonyl (C=O) groups excluding carboxylic acids is 1. The molecule has 1 atom stereocenters. The van der Waals surface area contributed by atoms with E-state index >= 15 is 0 Å². The summed E-state index contributed by atoms with van der Waals surface area (Å²) in [6.45, 7) is 11.2. The van der Waals surface area contributed by atoms with E-state index in [9.17, 15) is 4.79 Å². The molecule has 8 heteroatoms. The lowest BCUT2D eigenvalue weighted by molar-refractivity contribution is -0.119. The summed E-state index contributed by atoms with van der Waals surface area (Å²) in [6.07, 6.45) is 0.915. The third kappa shape index (κ3) is 5.79. The van der Waals surface area contributed by atoms with Crippen LogP contribution in [0.3, 0.4) is 0 Å². The van der Waals surface area contributed by atoms with Crippen LogP contribution in [0.15, 0.2) is 11.2 Å². The number of nitrogens with one attached hydrogen (secondary N) is 1. The molecular weight excluding hydrogens is 346 g/mol. The largest absolute Gasteiger partial charge is 0.354 e. The second kappa shape index (κ2) is 9.44. The minimum atomic E-state index is -0.00367. The molecule has 1 aliphatic heterocycles. The molecule has 0 bridgehead atoms. The zero-order valence-electron chi connectivity index (χ0n) is 14.6. The average Bonchev–Trinajstić information content (AvgIpc) is 2.59. The zero-order chi connectivity index (χ0) is 17.5. The van der Waals surface area contributed by atoms with E-state index in [1.54, 1.807) is 6.07 Å². The van der Waals surface area contributed by atoms with Gasteiger partial charge < -0.3 is 15.1 Å². The van der Waals surface area contributed by atoms with Gasteiger partial charge in [-0.25, -0.2) is 9.97 Å². The lowest BCUT2D eigenvalue weighted by atomic mass is 10.3. The van der Waals surface area contributed by atoms with E-state index in [-0.39, 0.29) is 11.9 Å². The molecule has 0 aromatic carbocycles. The molecule has 0 aliphatic carbocycles. The maximum atomic E-state index is 11.9. The summed E-state index contributed by atoms with van der Waals surface area (Å²) in [5.74, 6) is 1.14. The van der Waals surface area contributed by atoms with Gasteiger partial charge >= 0.3 is 0 Å². The maximum Gasteiger partial charge on any atom is 0.230 e. The molecule has 1 fully saturated rings. The molecule has 0 spiro atoms. The van der Waals surface area contributed by atoms with Crippen molar-refractivity contribution in [2.45, 2.75) is 38.4 Å². The number of hydrogen-bond donors (Lipinski definition) is 1. The molecule has 1 amide bonds. The molecule has 2 heterocycles. The highest BCUT2D eigenvalue weighted by molar-refractivity contribution is 7.99. The fraction of sp³-hybridized carbons (Fsp3) is 0.688. The van der Waals surface area contributed by atoms with Crippen molar-refractivity contribution in [3.63, 3.8) is 0 Å². The van der Waals surface area contributed by atoms with Gasteiger partial charge in [-0.2, -0.15) is 0 Å². The predicted octanol–water partition coefficient (Wildman–Crippen LogP) is 2.28. The number of aromatic nitrogens is 2. The van der Waals surface area contributed by atoms with Crippen LogP contribution >= 0.6 is 23.4 Å². The van der Waals surface area contributed by atoms with Crippen molar-refractivity contribution in [3.8, 4) is 0 Å². The maximum absolute atomic E-state index is 11.9. The molecule has 1 unspecified atom stereocenters. The van der Waals surface area contributed by atoms with Crippen LogP contribution in [-0.2, 0) is 4.79 Å². The van der Waals surface area contributed by atoms with E-state index in [0.717, 1.165) is 45.0 Å². The van der Waals surface area contributed by atoms with Crippen LogP contribution in [0.1, 0.15) is 27.2 Å². The third-order valence-corrected chi connectivity index (χ3v) is 5.20. The molecule has 1 aromatic heterocycles. The smallest absolute Gasteiger partial charge is 0.230 e. The monoisotopic (exact) mass is 371 g/mol. The average molecular weight is 372 g/mol. The van der Waals surface area contributed by atoms with Crippen LogP contribution in [0.25, 0.3) is 0 Å². The zero-order valence-corrected chi connectivity index (χ0v) is 16.2. The highest BCUT2D eigenvalue weighted by atomic mass is 35.5. The number of likely N-dealkylation sites (N-methyl/N-ethyl adjacent to an activating group) is 1. The van der Waals surface area contributed by atoms with Crippen molar-refractivity contribution in [1.82, 2.24) is 20.2 Å². The Hall–Kier alpha value is -1.05. The first-order valence-electron chi connectivity index (χ1n) is 8.45. The first-order valence-corrected chi connectivity index (χ1v) is 9.82. The number of hydrogen-bond acceptors (Lipinski definition) is 6. The van der Waals surface area contributed by atoms with Crippen molar-refractivity contribution in [2.24, 2.45) is 0 Å². The summed E-state index contributed by atoms with van der Waals surface area (Å²) in [7, 11) is 0. The summed E-state index contributed by atoms with van der Waals surface area (Å²) in [5.41, 5.74) is 0. The van der Waals surface area contributed by atoms with Crippen LogP contribution in [0.5, 0.6) is 0 Å². The number of carbonyl (C=O) groups is 1. The Morgan fingerprint density at radius 1 is 1.33 bits per heavy atom. The minimum absolute atomic E-state index is 0.00367. The molecule has 1 aromatic rings. The highest BCUT2D eigenvalue weighted by Gasteiger charge is 2.18. The van der Waals surface area contributed by atoms with Crippen LogP contribution in [-0.4, -0.2) is 65.3 Å². The van der Waals surface area contributed by atoms with Crippen molar-refractivity contribution < 1.29 is 4.79 Å². The second-order valence-corrected chi connectivity index (χ2v) is 7.25. The third-order valence-electron chi connectivity index (χ3n) is 4.16. The van der Waals surface area contributed by atoms with Crippen LogP contribution in [0.4, 0.5) is 5.82 Å². The number of anilines is 1. The Kier molecular flexibility index (Phi) is 7.58. The number of piperazine rings is 1. The summed E-state index contributed by atoms with van der Waals surface area (Å²) >= 11 is 7.47. The number of rotatable bonds is 7. The van der Waals surface area contributed by atoms with Gasteiger partial charge in [-0.05, 0) is 19.9 Å².